The predicted octanol–water partition coefficient (Wildman–Crippen LogP) is 2.66. The number of imide groups is 1. The molecule has 5 amide bonds. The van der Waals surface area contributed by atoms with Crippen molar-refractivity contribution in [3.8, 4) is 0 Å². The number of carbonyl (C=O) groups is 6. The topological polar surface area (TPSA) is 189 Å². The van der Waals surface area contributed by atoms with Crippen molar-refractivity contribution in [3.63, 3.8) is 0 Å². The molecule has 2 saturated heterocycles. The summed E-state index contributed by atoms with van der Waals surface area (Å²) in [7, 11) is 0. The molecule has 0 spiro atoms. The molecule has 0 saturated carbocycles. The number of nitrogens with zero attached hydrogens (tertiary/aromatic N) is 3. The number of carbonyl (C=O) groups excluding carboxylic acids is 5. The average molecular weight is 701 g/mol. The molecule has 0 unspecified atom stereocenters. The lowest BCUT2D eigenvalue weighted by molar-refractivity contribution is -0.137. The Kier molecular flexibility index (Phi) is 13.8. The highest BCUT2D eigenvalue weighted by Gasteiger charge is 2.36. The number of morpholine rings is 1. The minimum absolute atomic E-state index is 0. The highest BCUT2D eigenvalue weighted by Crippen LogP contribution is 2.27. The van der Waals surface area contributed by atoms with E-state index in [-0.39, 0.29) is 62.2 Å². The summed E-state index contributed by atoms with van der Waals surface area (Å²) in [6, 6.07) is 9.12. The van der Waals surface area contributed by atoms with Crippen molar-refractivity contribution in [2.24, 2.45) is 5.73 Å². The maximum atomic E-state index is 13.4. The van der Waals surface area contributed by atoms with Gasteiger partial charge in [0.25, 0.3) is 11.8 Å². The number of hydrogen-bond acceptors (Lipinski definition) is 10. The van der Waals surface area contributed by atoms with Crippen LogP contribution in [0.4, 0.5) is 16.2 Å². The quantitative estimate of drug-likeness (QED) is 0.233. The van der Waals surface area contributed by atoms with Crippen molar-refractivity contribution >= 4 is 82.4 Å². The number of thiophene rings is 1. The third-order valence-corrected chi connectivity index (χ3v) is 8.47. The Balaban J connectivity index is 0.00000576. The molecular formula is C29H35Cl2N5O9S. The first-order chi connectivity index (χ1) is 21.5. The molecule has 1 aromatic carbocycles. The van der Waals surface area contributed by atoms with Gasteiger partial charge in [-0.25, -0.2) is 4.79 Å². The molecule has 2 aromatic rings. The van der Waals surface area contributed by atoms with Crippen LogP contribution in [0.15, 0.2) is 36.4 Å². The SMILES string of the molecule is Cl.NC(=O)[C@H](CCC(=O)O)NCCCCC(=O)N(C[C@H]1CN(c2ccc(N3CCOCC3=O)cc2)C(=O)O1)C(=O)c1ccc(Cl)s1. The number of benzene rings is 1. The summed E-state index contributed by atoms with van der Waals surface area (Å²) in [6.07, 6.45) is -0.792. The fourth-order valence-electron chi connectivity index (χ4n) is 4.92. The molecule has 0 radical (unpaired) electrons. The van der Waals surface area contributed by atoms with E-state index < -0.39 is 41.9 Å². The van der Waals surface area contributed by atoms with Gasteiger partial charge in [0.2, 0.25) is 11.8 Å². The summed E-state index contributed by atoms with van der Waals surface area (Å²) in [6.45, 7) is 1.09. The van der Waals surface area contributed by atoms with Gasteiger partial charge in [-0.05, 0) is 62.2 Å². The number of nitrogens with two attached hydrogens (primary N) is 1. The van der Waals surface area contributed by atoms with Gasteiger partial charge in [0.15, 0.2) is 0 Å². The smallest absolute Gasteiger partial charge is 0.414 e. The van der Waals surface area contributed by atoms with Gasteiger partial charge in [-0.15, -0.1) is 23.7 Å². The number of carboxylic acid groups (broad SMARTS) is 1. The maximum Gasteiger partial charge on any atom is 0.414 e. The van der Waals surface area contributed by atoms with Crippen molar-refractivity contribution < 1.29 is 43.3 Å². The van der Waals surface area contributed by atoms with Crippen LogP contribution in [0.2, 0.25) is 4.34 Å². The maximum absolute atomic E-state index is 13.4. The van der Waals surface area contributed by atoms with Gasteiger partial charge in [-0.2, -0.15) is 0 Å². The van der Waals surface area contributed by atoms with Gasteiger partial charge in [-0.3, -0.25) is 33.8 Å². The molecule has 46 heavy (non-hydrogen) atoms. The third-order valence-electron chi connectivity index (χ3n) is 7.25. The van der Waals surface area contributed by atoms with E-state index in [1.54, 1.807) is 35.2 Å². The number of carboxylic acids is 1. The van der Waals surface area contributed by atoms with Crippen LogP contribution < -0.4 is 20.9 Å². The molecule has 2 fully saturated rings. The summed E-state index contributed by atoms with van der Waals surface area (Å²) in [4.78, 5) is 78.3. The van der Waals surface area contributed by atoms with E-state index in [4.69, 9.17) is 31.9 Å². The summed E-state index contributed by atoms with van der Waals surface area (Å²) < 4.78 is 11.1. The first kappa shape index (κ1) is 36.7. The number of anilines is 2. The summed E-state index contributed by atoms with van der Waals surface area (Å²) in [5, 5.41) is 11.8. The van der Waals surface area contributed by atoms with E-state index in [2.05, 4.69) is 5.32 Å². The fraction of sp³-hybridized carbons (Fsp3) is 0.448. The van der Waals surface area contributed by atoms with Crippen molar-refractivity contribution in [1.29, 1.82) is 0 Å². The first-order valence-electron chi connectivity index (χ1n) is 14.3. The zero-order valence-corrected chi connectivity index (χ0v) is 27.1. The standard InChI is InChI=1S/C29H34ClN5O9S.ClH/c30-23-10-9-22(45-23)28(41)35(24(36)3-1-2-12-32-21(27(31)40)8-11-26(38)39)16-20-15-34(29(42)44-20)19-6-4-18(5-7-19)33-13-14-43-17-25(33)37;/h4-7,9-10,20-21,32H,1-3,8,11-17H2,(H2,31,40)(H,38,39);1H/t20-,21+;/m1./s1. The molecule has 0 aliphatic carbocycles. The van der Waals surface area contributed by atoms with E-state index >= 15 is 0 Å². The molecular weight excluding hydrogens is 665 g/mol. The van der Waals surface area contributed by atoms with Crippen LogP contribution in [-0.2, 0) is 28.7 Å². The molecule has 4 N–H and O–H groups in total. The van der Waals surface area contributed by atoms with Gasteiger partial charge in [0, 0.05) is 30.8 Å². The second-order valence-corrected chi connectivity index (χ2v) is 12.2. The van der Waals surface area contributed by atoms with Gasteiger partial charge >= 0.3 is 12.1 Å². The summed E-state index contributed by atoms with van der Waals surface area (Å²) >= 11 is 7.05. The molecule has 3 heterocycles. The number of nitrogens with one attached hydrogen (secondary N) is 1. The Labute approximate surface area is 280 Å². The van der Waals surface area contributed by atoms with E-state index in [0.717, 1.165) is 16.2 Å². The van der Waals surface area contributed by atoms with E-state index in [1.165, 1.54) is 11.0 Å². The number of rotatable bonds is 15. The Morgan fingerprint density at radius 3 is 2.37 bits per heavy atom. The van der Waals surface area contributed by atoms with Crippen LogP contribution in [-0.4, -0.2) is 97.2 Å². The third kappa shape index (κ3) is 9.87. The average Bonchev–Trinajstić information content (AvgIpc) is 3.61. The number of halogens is 2. The number of cyclic esters (lactones) is 1. The number of unbranched alkanes of at least 4 members (excludes halogenated alkanes) is 1. The van der Waals surface area contributed by atoms with Crippen molar-refractivity contribution in [1.82, 2.24) is 10.2 Å². The van der Waals surface area contributed by atoms with Gasteiger partial charge in [0.05, 0.1) is 35.0 Å². The largest absolute Gasteiger partial charge is 0.481 e. The number of amides is 5. The highest BCUT2D eigenvalue weighted by atomic mass is 35.5. The monoisotopic (exact) mass is 699 g/mol. The van der Waals surface area contributed by atoms with Gasteiger partial charge < -0.3 is 30.5 Å². The number of ether oxygens (including phenoxy) is 2. The van der Waals surface area contributed by atoms with Crippen LogP contribution in [0.1, 0.15) is 41.8 Å². The zero-order valence-electron chi connectivity index (χ0n) is 24.7. The Bertz CT molecular complexity index is 1420. The lowest BCUT2D eigenvalue weighted by atomic mass is 10.1. The van der Waals surface area contributed by atoms with Crippen LogP contribution in [0.3, 0.4) is 0 Å². The molecule has 1 aromatic heterocycles. The van der Waals surface area contributed by atoms with Crippen LogP contribution in [0.5, 0.6) is 0 Å². The second kappa shape index (κ2) is 17.2. The number of primary amides is 1. The van der Waals surface area contributed by atoms with Gasteiger partial charge in [0.1, 0.15) is 12.7 Å². The molecule has 2 aliphatic rings. The van der Waals surface area contributed by atoms with Crippen LogP contribution in [0.25, 0.3) is 0 Å². The van der Waals surface area contributed by atoms with E-state index in [0.29, 0.717) is 48.2 Å². The summed E-state index contributed by atoms with van der Waals surface area (Å²) in [5.74, 6) is -2.90. The lowest BCUT2D eigenvalue weighted by Gasteiger charge is -2.27. The number of aliphatic carboxylic acids is 1. The van der Waals surface area contributed by atoms with E-state index in [9.17, 15) is 28.8 Å². The minimum atomic E-state index is -1.04. The molecule has 4 rings (SSSR count). The van der Waals surface area contributed by atoms with Crippen LogP contribution in [0, 0.1) is 0 Å². The van der Waals surface area contributed by atoms with Crippen LogP contribution >= 0.6 is 35.3 Å². The number of hydrogen-bond donors (Lipinski definition) is 3. The highest BCUT2D eigenvalue weighted by molar-refractivity contribution is 7.18. The molecule has 250 valence electrons. The summed E-state index contributed by atoms with van der Waals surface area (Å²) in [5.41, 5.74) is 6.54. The second-order valence-electron chi connectivity index (χ2n) is 10.4. The minimum Gasteiger partial charge on any atom is -0.481 e. The van der Waals surface area contributed by atoms with Crippen molar-refractivity contribution in [3.05, 3.63) is 45.6 Å². The first-order valence-corrected chi connectivity index (χ1v) is 15.5. The fourth-order valence-corrected chi connectivity index (χ4v) is 5.91. The molecule has 17 heteroatoms. The molecule has 2 atom stereocenters. The lowest BCUT2D eigenvalue weighted by Crippen LogP contribution is -2.43. The van der Waals surface area contributed by atoms with E-state index in [1.807, 2.05) is 0 Å². The Hall–Kier alpha value is -3.76. The van der Waals surface area contributed by atoms with Gasteiger partial charge in [-0.1, -0.05) is 11.6 Å². The zero-order chi connectivity index (χ0) is 32.5. The van der Waals surface area contributed by atoms with Crippen molar-refractivity contribution in [2.45, 2.75) is 44.2 Å². The Morgan fingerprint density at radius 1 is 1.07 bits per heavy atom. The molecule has 14 nitrogen and oxygen atoms in total. The normalized spacial score (nSPS) is 16.8. The van der Waals surface area contributed by atoms with Crippen molar-refractivity contribution in [2.75, 3.05) is 49.2 Å². The molecule has 2 aliphatic heterocycles. The Morgan fingerprint density at radius 2 is 1.76 bits per heavy atom. The predicted molar refractivity (Wildman–Crippen MR) is 172 cm³/mol. The molecule has 0 bridgehead atoms.